The monoisotopic (exact) mass is 340 g/mol. The van der Waals surface area contributed by atoms with E-state index in [2.05, 4.69) is 59.8 Å². The van der Waals surface area contributed by atoms with Crippen LogP contribution in [0.2, 0.25) is 0 Å². The van der Waals surface area contributed by atoms with Crippen molar-refractivity contribution in [1.29, 1.82) is 0 Å². The quantitative estimate of drug-likeness (QED) is 0.662. The van der Waals surface area contributed by atoms with Gasteiger partial charge in [0.15, 0.2) is 0 Å². The number of hydrogen-bond donors (Lipinski definition) is 1. The molecule has 0 aliphatic carbocycles. The summed E-state index contributed by atoms with van der Waals surface area (Å²) in [5.41, 5.74) is 2.99. The molecule has 1 aromatic rings. The third kappa shape index (κ3) is 6.99. The molecule has 86 valence electrons. The van der Waals surface area contributed by atoms with Gasteiger partial charge in [-0.2, -0.15) is 0 Å². The second-order valence-electron chi connectivity index (χ2n) is 2.88. The molecule has 0 aromatic heterocycles. The summed E-state index contributed by atoms with van der Waals surface area (Å²) in [6.45, 7) is 4.42. The molecule has 1 rings (SSSR count). The molecule has 0 aliphatic heterocycles. The topological polar surface area (TPSA) is 66.2 Å². The van der Waals surface area contributed by atoms with Crippen LogP contribution in [0.5, 0.6) is 0 Å². The van der Waals surface area contributed by atoms with Gasteiger partial charge in [-0.3, -0.25) is 9.35 Å². The molecule has 15 heavy (non-hydrogen) atoms. The molecule has 0 fully saturated rings. The van der Waals surface area contributed by atoms with Crippen LogP contribution in [0.4, 0.5) is 0 Å². The summed E-state index contributed by atoms with van der Waals surface area (Å²) in [6.07, 6.45) is 2.31. The summed E-state index contributed by atoms with van der Waals surface area (Å²) in [5, 5.41) is 4.03. The summed E-state index contributed by atoms with van der Waals surface area (Å²) in [7, 11) is 0. The Morgan fingerprint density at radius 2 is 1.80 bits per heavy atom. The van der Waals surface area contributed by atoms with E-state index in [9.17, 15) is 0 Å². The standard InChI is InChI=1S/C10H13I.H3NO2S/c1-3-8-5-6-10(11)7-9(8)4-2;1-4(2)3/h5-7H,3-4H2,1-2H3;1H2,(H,2,3)/p-1. The van der Waals surface area contributed by atoms with E-state index < -0.39 is 11.3 Å². The zero-order valence-corrected chi connectivity index (χ0v) is 11.8. The van der Waals surface area contributed by atoms with E-state index >= 15 is 0 Å². The summed E-state index contributed by atoms with van der Waals surface area (Å²) in [4.78, 5) is 0. The third-order valence-corrected chi connectivity index (χ3v) is 2.60. The maximum Gasteiger partial charge on any atom is 0.0152 e. The van der Waals surface area contributed by atoms with Gasteiger partial charge in [0, 0.05) is 14.8 Å². The molecule has 1 aromatic carbocycles. The van der Waals surface area contributed by atoms with Crippen molar-refractivity contribution in [2.45, 2.75) is 26.7 Å². The Bertz CT molecular complexity index is 327. The van der Waals surface area contributed by atoms with Gasteiger partial charge in [0.1, 0.15) is 0 Å². The van der Waals surface area contributed by atoms with E-state index in [1.165, 1.54) is 14.7 Å². The second-order valence-corrected chi connectivity index (χ2v) is 4.65. The van der Waals surface area contributed by atoms with Crippen LogP contribution in [-0.4, -0.2) is 8.76 Å². The number of aryl methyl sites for hydroxylation is 2. The molecule has 3 nitrogen and oxygen atoms in total. The Morgan fingerprint density at radius 1 is 1.33 bits per heavy atom. The van der Waals surface area contributed by atoms with Crippen molar-refractivity contribution in [1.82, 2.24) is 0 Å². The molecule has 1 atom stereocenters. The highest BCUT2D eigenvalue weighted by Crippen LogP contribution is 2.14. The molecule has 0 spiro atoms. The van der Waals surface area contributed by atoms with Crippen LogP contribution in [0.25, 0.3) is 0 Å². The van der Waals surface area contributed by atoms with Crippen LogP contribution in [0.15, 0.2) is 18.2 Å². The first kappa shape index (κ1) is 15.0. The summed E-state index contributed by atoms with van der Waals surface area (Å²) < 4.78 is 18.9. The molecule has 5 heteroatoms. The van der Waals surface area contributed by atoms with E-state index in [0.29, 0.717) is 0 Å². The minimum absolute atomic E-state index is 1.15. The van der Waals surface area contributed by atoms with Gasteiger partial charge in [0.2, 0.25) is 0 Å². The van der Waals surface area contributed by atoms with Gasteiger partial charge in [-0.1, -0.05) is 19.9 Å². The van der Waals surface area contributed by atoms with Crippen LogP contribution < -0.4 is 5.14 Å². The van der Waals surface area contributed by atoms with Crippen LogP contribution in [0.3, 0.4) is 0 Å². The molecular formula is C10H15INO2S-. The average Bonchev–Trinajstić information content (AvgIpc) is 2.16. The predicted octanol–water partition coefficient (Wildman–Crippen LogP) is 2.16. The molecule has 2 N–H and O–H groups in total. The number of rotatable bonds is 2. The van der Waals surface area contributed by atoms with Gasteiger partial charge >= 0.3 is 0 Å². The third-order valence-electron chi connectivity index (χ3n) is 1.93. The zero-order chi connectivity index (χ0) is 11.8. The Hall–Kier alpha value is 0.0200. The van der Waals surface area contributed by atoms with Gasteiger partial charge in [0.05, 0.1) is 0 Å². The Labute approximate surface area is 107 Å². The lowest BCUT2D eigenvalue weighted by atomic mass is 10.0. The molecule has 0 aliphatic rings. The minimum Gasteiger partial charge on any atom is -0.760 e. The summed E-state index contributed by atoms with van der Waals surface area (Å²) in [6, 6.07) is 6.69. The molecule has 0 bridgehead atoms. The van der Waals surface area contributed by atoms with Crippen molar-refractivity contribution in [3.63, 3.8) is 0 Å². The fraction of sp³-hybridized carbons (Fsp3) is 0.400. The molecular weight excluding hydrogens is 325 g/mol. The number of hydrogen-bond acceptors (Lipinski definition) is 2. The smallest absolute Gasteiger partial charge is 0.0152 e. The highest BCUT2D eigenvalue weighted by atomic mass is 127. The Balaban J connectivity index is 0.000000423. The minimum atomic E-state index is -2.36. The Morgan fingerprint density at radius 3 is 2.20 bits per heavy atom. The summed E-state index contributed by atoms with van der Waals surface area (Å²) >= 11 is 0.000660. The lowest BCUT2D eigenvalue weighted by Gasteiger charge is -2.04. The van der Waals surface area contributed by atoms with E-state index in [-0.39, 0.29) is 0 Å². The lowest BCUT2D eigenvalue weighted by Crippen LogP contribution is -1.97. The van der Waals surface area contributed by atoms with Gasteiger partial charge < -0.3 is 4.55 Å². The molecule has 0 saturated carbocycles. The maximum atomic E-state index is 8.78. The van der Waals surface area contributed by atoms with Crippen LogP contribution in [0, 0.1) is 3.57 Å². The first-order valence-corrected chi connectivity index (χ1v) is 6.83. The van der Waals surface area contributed by atoms with E-state index in [0.717, 1.165) is 12.8 Å². The van der Waals surface area contributed by atoms with Crippen molar-refractivity contribution >= 4 is 33.9 Å². The number of nitrogens with two attached hydrogens (primary N) is 1. The van der Waals surface area contributed by atoms with Crippen molar-refractivity contribution in [3.05, 3.63) is 32.9 Å². The molecule has 0 radical (unpaired) electrons. The van der Waals surface area contributed by atoms with Gasteiger partial charge in [0.25, 0.3) is 0 Å². The van der Waals surface area contributed by atoms with Crippen molar-refractivity contribution in [2.24, 2.45) is 5.14 Å². The largest absolute Gasteiger partial charge is 0.760 e. The highest BCUT2D eigenvalue weighted by Gasteiger charge is 1.97. The lowest BCUT2D eigenvalue weighted by molar-refractivity contribution is 0.539. The molecule has 0 saturated heterocycles. The Kier molecular flexibility index (Phi) is 8.22. The summed E-state index contributed by atoms with van der Waals surface area (Å²) in [5.74, 6) is 0. The van der Waals surface area contributed by atoms with Crippen molar-refractivity contribution in [3.8, 4) is 0 Å². The van der Waals surface area contributed by atoms with Crippen LogP contribution >= 0.6 is 22.6 Å². The molecule has 1 unspecified atom stereocenters. The maximum absolute atomic E-state index is 8.78. The van der Waals surface area contributed by atoms with Crippen LogP contribution in [0.1, 0.15) is 25.0 Å². The van der Waals surface area contributed by atoms with Gasteiger partial charge in [-0.25, -0.2) is 0 Å². The fourth-order valence-corrected chi connectivity index (χ4v) is 1.82. The van der Waals surface area contributed by atoms with Crippen molar-refractivity contribution < 1.29 is 8.76 Å². The average molecular weight is 340 g/mol. The van der Waals surface area contributed by atoms with E-state index in [1.54, 1.807) is 0 Å². The number of benzene rings is 1. The first-order valence-electron chi connectivity index (χ1n) is 4.62. The highest BCUT2D eigenvalue weighted by molar-refractivity contribution is 14.1. The predicted molar refractivity (Wildman–Crippen MR) is 71.0 cm³/mol. The van der Waals surface area contributed by atoms with Crippen molar-refractivity contribution in [2.75, 3.05) is 0 Å². The van der Waals surface area contributed by atoms with Gasteiger partial charge in [-0.15, -0.1) is 0 Å². The molecule has 0 heterocycles. The zero-order valence-electron chi connectivity index (χ0n) is 8.83. The SMILES string of the molecule is CCc1ccc(I)cc1CC.NS(=O)[O-]. The molecule has 0 amide bonds. The van der Waals surface area contributed by atoms with E-state index in [4.69, 9.17) is 8.76 Å². The van der Waals surface area contributed by atoms with E-state index in [1.807, 2.05) is 0 Å². The van der Waals surface area contributed by atoms with Crippen LogP contribution in [-0.2, 0) is 24.1 Å². The normalized spacial score (nSPS) is 11.5. The first-order chi connectivity index (χ1) is 7.01. The fourth-order valence-electron chi connectivity index (χ4n) is 1.27. The second kappa shape index (κ2) is 8.20. The number of halogens is 1. The van der Waals surface area contributed by atoms with Gasteiger partial charge in [-0.05, 0) is 58.7 Å².